The molecule has 6 heteroatoms. The minimum Gasteiger partial charge on any atom is -0.474 e. The second kappa shape index (κ2) is 9.79. The van der Waals surface area contributed by atoms with Gasteiger partial charge in [-0.3, -0.25) is 4.79 Å². The van der Waals surface area contributed by atoms with Gasteiger partial charge in [-0.2, -0.15) is 0 Å². The molecule has 2 heterocycles. The van der Waals surface area contributed by atoms with E-state index in [4.69, 9.17) is 9.47 Å². The maximum absolute atomic E-state index is 13.7. The Morgan fingerprint density at radius 3 is 2.33 bits per heavy atom. The first-order valence-corrected chi connectivity index (χ1v) is 11.1. The fourth-order valence-corrected chi connectivity index (χ4v) is 4.24. The molecule has 5 rings (SSSR count). The largest absolute Gasteiger partial charge is 0.474 e. The van der Waals surface area contributed by atoms with E-state index in [2.05, 4.69) is 9.97 Å². The average molecular weight is 440 g/mol. The fraction of sp³-hybridized carbons (Fsp3) is 0.222. The van der Waals surface area contributed by atoms with E-state index in [0.29, 0.717) is 32.2 Å². The molecule has 166 valence electrons. The van der Waals surface area contributed by atoms with Crippen LogP contribution >= 0.6 is 0 Å². The van der Waals surface area contributed by atoms with Gasteiger partial charge in [-0.15, -0.1) is 0 Å². The lowest BCUT2D eigenvalue weighted by molar-refractivity contribution is -0.140. The van der Waals surface area contributed by atoms with Crippen molar-refractivity contribution >= 4 is 16.8 Å². The number of morpholine rings is 1. The molecule has 1 fully saturated rings. The molecule has 1 saturated heterocycles. The monoisotopic (exact) mass is 439 g/mol. The molecule has 3 aromatic carbocycles. The van der Waals surface area contributed by atoms with Gasteiger partial charge in [-0.05, 0) is 23.3 Å². The van der Waals surface area contributed by atoms with Crippen molar-refractivity contribution in [2.45, 2.75) is 12.0 Å². The molecule has 0 N–H and O–H groups in total. The first-order chi connectivity index (χ1) is 16.3. The average Bonchev–Trinajstić information content (AvgIpc) is 2.89. The van der Waals surface area contributed by atoms with Crippen LogP contribution < -0.4 is 4.74 Å². The van der Waals surface area contributed by atoms with Crippen LogP contribution in [0.1, 0.15) is 17.0 Å². The highest BCUT2D eigenvalue weighted by Gasteiger charge is 2.31. The topological polar surface area (TPSA) is 64.6 Å². The highest BCUT2D eigenvalue weighted by Crippen LogP contribution is 2.28. The Labute approximate surface area is 192 Å². The third-order valence-corrected chi connectivity index (χ3v) is 5.88. The Kier molecular flexibility index (Phi) is 6.26. The highest BCUT2D eigenvalue weighted by atomic mass is 16.5. The lowest BCUT2D eigenvalue weighted by Gasteiger charge is -2.35. The lowest BCUT2D eigenvalue weighted by Crippen LogP contribution is -2.49. The van der Waals surface area contributed by atoms with Crippen LogP contribution in [0.2, 0.25) is 0 Å². The number of hydrogen-bond acceptors (Lipinski definition) is 5. The molecule has 1 aliphatic rings. The maximum Gasteiger partial charge on any atom is 0.234 e. The molecular weight excluding hydrogens is 414 g/mol. The first-order valence-electron chi connectivity index (χ1n) is 11.1. The summed E-state index contributed by atoms with van der Waals surface area (Å²) in [5.74, 6) is 0.255. The predicted octanol–water partition coefficient (Wildman–Crippen LogP) is 4.07. The summed E-state index contributed by atoms with van der Waals surface area (Å²) in [5, 5.41) is 0.858. The molecule has 4 aromatic rings. The number of benzene rings is 3. The van der Waals surface area contributed by atoms with Gasteiger partial charge in [0.25, 0.3) is 0 Å². The van der Waals surface area contributed by atoms with E-state index in [0.717, 1.165) is 22.0 Å². The van der Waals surface area contributed by atoms with Crippen molar-refractivity contribution in [3.8, 4) is 5.88 Å². The van der Waals surface area contributed by atoms with Crippen LogP contribution in [0, 0.1) is 0 Å². The van der Waals surface area contributed by atoms with Gasteiger partial charge >= 0.3 is 0 Å². The van der Waals surface area contributed by atoms with Gasteiger partial charge in [0.1, 0.15) is 19.0 Å². The molecule has 0 bridgehead atoms. The normalized spacial score (nSPS) is 16.2. The van der Waals surface area contributed by atoms with Crippen molar-refractivity contribution < 1.29 is 14.3 Å². The maximum atomic E-state index is 13.7. The van der Waals surface area contributed by atoms with E-state index >= 15 is 0 Å². The van der Waals surface area contributed by atoms with Gasteiger partial charge in [0.05, 0.1) is 30.0 Å². The number of ether oxygens (including phenoxy) is 2. The second-order valence-electron chi connectivity index (χ2n) is 8.04. The number of nitrogens with zero attached hydrogens (tertiary/aromatic N) is 3. The van der Waals surface area contributed by atoms with Crippen molar-refractivity contribution in [2.75, 3.05) is 26.3 Å². The summed E-state index contributed by atoms with van der Waals surface area (Å²) in [4.78, 5) is 24.1. The van der Waals surface area contributed by atoms with Crippen LogP contribution in [-0.2, 0) is 9.53 Å². The van der Waals surface area contributed by atoms with Crippen molar-refractivity contribution in [2.24, 2.45) is 0 Å². The lowest BCUT2D eigenvalue weighted by atomic mass is 9.90. The van der Waals surface area contributed by atoms with Crippen molar-refractivity contribution in [1.29, 1.82) is 0 Å². The highest BCUT2D eigenvalue weighted by molar-refractivity contribution is 5.87. The second-order valence-corrected chi connectivity index (χ2v) is 8.04. The minimum absolute atomic E-state index is 0.0770. The summed E-state index contributed by atoms with van der Waals surface area (Å²) in [6.07, 6.45) is 1.27. The number of carbonyl (C=O) groups excluding carboxylic acids is 1. The van der Waals surface area contributed by atoms with E-state index in [1.54, 1.807) is 0 Å². The molecule has 1 aromatic heterocycles. The Balaban J connectivity index is 1.31. The number of carbonyl (C=O) groups is 1. The minimum atomic E-state index is -0.349. The number of hydrogen-bond donors (Lipinski definition) is 0. The Morgan fingerprint density at radius 1 is 0.939 bits per heavy atom. The van der Waals surface area contributed by atoms with Crippen LogP contribution in [-0.4, -0.2) is 53.2 Å². The molecule has 1 amide bonds. The van der Waals surface area contributed by atoms with Gasteiger partial charge in [-0.25, -0.2) is 9.97 Å². The first kappa shape index (κ1) is 21.1. The molecule has 0 aliphatic carbocycles. The quantitative estimate of drug-likeness (QED) is 0.453. The van der Waals surface area contributed by atoms with Crippen molar-refractivity contribution in [3.63, 3.8) is 0 Å². The van der Waals surface area contributed by atoms with Crippen LogP contribution in [0.4, 0.5) is 0 Å². The zero-order valence-electron chi connectivity index (χ0n) is 18.2. The van der Waals surface area contributed by atoms with Gasteiger partial charge < -0.3 is 14.4 Å². The molecule has 0 saturated carbocycles. The Bertz CT molecular complexity index is 1170. The summed E-state index contributed by atoms with van der Waals surface area (Å²) in [7, 11) is 0. The van der Waals surface area contributed by atoms with E-state index in [1.807, 2.05) is 89.8 Å². The molecule has 0 spiro atoms. The predicted molar refractivity (Wildman–Crippen MR) is 126 cm³/mol. The summed E-state index contributed by atoms with van der Waals surface area (Å²) in [5.41, 5.74) is 2.80. The fourth-order valence-electron chi connectivity index (χ4n) is 4.24. The zero-order chi connectivity index (χ0) is 22.5. The van der Waals surface area contributed by atoms with Crippen molar-refractivity contribution in [3.05, 3.63) is 102 Å². The van der Waals surface area contributed by atoms with Crippen LogP contribution in [0.5, 0.6) is 5.88 Å². The number of amides is 1. The van der Waals surface area contributed by atoms with Crippen LogP contribution in [0.15, 0.2) is 91.3 Å². The Morgan fingerprint density at radius 2 is 1.61 bits per heavy atom. The van der Waals surface area contributed by atoms with E-state index in [-0.39, 0.29) is 17.9 Å². The molecular formula is C27H25N3O3. The van der Waals surface area contributed by atoms with Gasteiger partial charge in [0.2, 0.25) is 11.8 Å². The van der Waals surface area contributed by atoms with Crippen LogP contribution in [0.25, 0.3) is 10.9 Å². The summed E-state index contributed by atoms with van der Waals surface area (Å²) < 4.78 is 11.9. The molecule has 33 heavy (non-hydrogen) atoms. The number of aromatic nitrogens is 2. The SMILES string of the molecule is O=C(C(c1ccccc1)c1ccccc1)N1CCOC(COc2ncnc3ccccc23)C1. The summed E-state index contributed by atoms with van der Waals surface area (Å²) >= 11 is 0. The molecule has 1 unspecified atom stereocenters. The molecule has 6 nitrogen and oxygen atoms in total. The zero-order valence-corrected chi connectivity index (χ0v) is 18.2. The molecule has 1 atom stereocenters. The van der Waals surface area contributed by atoms with Gasteiger partial charge in [0.15, 0.2) is 0 Å². The number of rotatable bonds is 6. The van der Waals surface area contributed by atoms with Gasteiger partial charge in [0, 0.05) is 6.54 Å². The summed E-state index contributed by atoms with van der Waals surface area (Å²) in [6.45, 7) is 1.81. The van der Waals surface area contributed by atoms with E-state index in [9.17, 15) is 4.79 Å². The Hall–Kier alpha value is -3.77. The summed E-state index contributed by atoms with van der Waals surface area (Å²) in [6, 6.07) is 27.6. The van der Waals surface area contributed by atoms with Crippen molar-refractivity contribution in [1.82, 2.24) is 14.9 Å². The number of para-hydroxylation sites is 1. The molecule has 1 aliphatic heterocycles. The van der Waals surface area contributed by atoms with Crippen LogP contribution in [0.3, 0.4) is 0 Å². The van der Waals surface area contributed by atoms with E-state index in [1.165, 1.54) is 6.33 Å². The third-order valence-electron chi connectivity index (χ3n) is 5.88. The van der Waals surface area contributed by atoms with E-state index < -0.39 is 0 Å². The number of fused-ring (bicyclic) bond motifs is 1. The standard InChI is InChI=1S/C27H25N3O3/c31-27(25(20-9-3-1-4-10-20)21-11-5-2-6-12-21)30-15-16-32-22(17-30)18-33-26-23-13-7-8-14-24(23)28-19-29-26/h1-14,19,22,25H,15-18H2. The smallest absolute Gasteiger partial charge is 0.234 e. The third kappa shape index (κ3) is 4.71. The molecule has 0 radical (unpaired) electrons. The van der Waals surface area contributed by atoms with Gasteiger partial charge in [-0.1, -0.05) is 72.8 Å².